The molecule has 0 amide bonds. The van der Waals surface area contributed by atoms with Gasteiger partial charge in [-0.2, -0.15) is 0 Å². The Morgan fingerprint density at radius 2 is 1.82 bits per heavy atom. The van der Waals surface area contributed by atoms with Crippen molar-refractivity contribution >= 4 is 35.8 Å². The number of piperidine rings is 2. The van der Waals surface area contributed by atoms with Gasteiger partial charge in [-0.1, -0.05) is 30.3 Å². The Morgan fingerprint density at radius 1 is 1.00 bits per heavy atom. The second-order valence-electron chi connectivity index (χ2n) is 9.78. The minimum Gasteiger partial charge on any atom is -0.357 e. The van der Waals surface area contributed by atoms with Gasteiger partial charge in [0.15, 0.2) is 5.96 Å². The molecule has 6 nitrogen and oxygen atoms in total. The van der Waals surface area contributed by atoms with Crippen LogP contribution in [0.5, 0.6) is 0 Å². The number of hydrogen-bond acceptors (Lipinski definition) is 4. The standard InChI is InChI=1S/C27H38N6.HI/c1-28-27(30-19-23-11-13-29-26(18-23)31-14-5-6-15-31)33-17-12-25-24(21-33)10-7-16-32(25)20-22-8-3-2-4-9-22;/h2-4,8-9,11,13,18,24-25H,5-7,10,12,14-17,19-21H2,1H3,(H,28,30);1H. The summed E-state index contributed by atoms with van der Waals surface area (Å²) < 4.78 is 0. The number of hydrogen-bond donors (Lipinski definition) is 1. The number of aromatic nitrogens is 1. The van der Waals surface area contributed by atoms with Crippen LogP contribution in [-0.4, -0.2) is 66.6 Å². The summed E-state index contributed by atoms with van der Waals surface area (Å²) in [5.74, 6) is 2.87. The maximum Gasteiger partial charge on any atom is 0.193 e. The van der Waals surface area contributed by atoms with Crippen LogP contribution in [0.15, 0.2) is 53.7 Å². The van der Waals surface area contributed by atoms with Gasteiger partial charge in [-0.3, -0.25) is 9.89 Å². The van der Waals surface area contributed by atoms with Crippen LogP contribution in [0.3, 0.4) is 0 Å². The molecule has 1 aromatic heterocycles. The molecule has 2 atom stereocenters. The van der Waals surface area contributed by atoms with E-state index in [4.69, 9.17) is 0 Å². The number of benzene rings is 1. The van der Waals surface area contributed by atoms with E-state index in [1.54, 1.807) is 0 Å². The Labute approximate surface area is 221 Å². The van der Waals surface area contributed by atoms with Gasteiger partial charge in [0.05, 0.1) is 0 Å². The molecule has 0 bridgehead atoms. The van der Waals surface area contributed by atoms with Gasteiger partial charge in [-0.05, 0) is 67.8 Å². The van der Waals surface area contributed by atoms with Crippen molar-refractivity contribution in [2.24, 2.45) is 10.9 Å². The third-order valence-corrected chi connectivity index (χ3v) is 7.61. The van der Waals surface area contributed by atoms with Gasteiger partial charge in [-0.15, -0.1) is 24.0 Å². The topological polar surface area (TPSA) is 47.0 Å². The summed E-state index contributed by atoms with van der Waals surface area (Å²) in [6.45, 7) is 7.53. The Kier molecular flexibility index (Phi) is 9.05. The van der Waals surface area contributed by atoms with E-state index in [2.05, 4.69) is 72.5 Å². The number of halogens is 1. The number of aliphatic imine (C=N–C) groups is 1. The van der Waals surface area contributed by atoms with Crippen LogP contribution in [0, 0.1) is 5.92 Å². The molecule has 3 aliphatic rings. The fourth-order valence-electron chi connectivity index (χ4n) is 5.92. The Morgan fingerprint density at radius 3 is 2.62 bits per heavy atom. The Balaban J connectivity index is 0.00000274. The van der Waals surface area contributed by atoms with E-state index in [-0.39, 0.29) is 24.0 Å². The van der Waals surface area contributed by atoms with Crippen molar-refractivity contribution in [3.05, 3.63) is 59.8 Å². The van der Waals surface area contributed by atoms with Gasteiger partial charge in [0.1, 0.15) is 5.82 Å². The van der Waals surface area contributed by atoms with Crippen LogP contribution in [-0.2, 0) is 13.1 Å². The maximum absolute atomic E-state index is 4.64. The van der Waals surface area contributed by atoms with E-state index in [0.29, 0.717) is 6.04 Å². The highest BCUT2D eigenvalue weighted by Crippen LogP contribution is 2.31. The lowest BCUT2D eigenvalue weighted by molar-refractivity contribution is 0.0372. The Bertz CT molecular complexity index is 930. The minimum absolute atomic E-state index is 0. The Hall–Kier alpha value is -1.87. The highest BCUT2D eigenvalue weighted by atomic mass is 127. The SMILES string of the molecule is CN=C(NCc1ccnc(N2CCCC2)c1)N1CCC2C(CCCN2Cc2ccccc2)C1.I. The molecule has 0 saturated carbocycles. The molecule has 1 N–H and O–H groups in total. The summed E-state index contributed by atoms with van der Waals surface area (Å²) in [6, 6.07) is 16.0. The number of nitrogens with zero attached hydrogens (tertiary/aromatic N) is 5. The predicted octanol–water partition coefficient (Wildman–Crippen LogP) is 4.36. The largest absolute Gasteiger partial charge is 0.357 e. The van der Waals surface area contributed by atoms with Crippen LogP contribution < -0.4 is 10.2 Å². The average molecular weight is 575 g/mol. The van der Waals surface area contributed by atoms with Crippen LogP contribution in [0.25, 0.3) is 0 Å². The first-order valence-electron chi connectivity index (χ1n) is 12.7. The first-order chi connectivity index (χ1) is 16.3. The van der Waals surface area contributed by atoms with Gasteiger partial charge in [0.2, 0.25) is 0 Å². The third kappa shape index (κ3) is 6.03. The van der Waals surface area contributed by atoms with Gasteiger partial charge < -0.3 is 15.1 Å². The van der Waals surface area contributed by atoms with Gasteiger partial charge in [0.25, 0.3) is 0 Å². The van der Waals surface area contributed by atoms with Crippen molar-refractivity contribution < 1.29 is 0 Å². The van der Waals surface area contributed by atoms with Crippen LogP contribution >= 0.6 is 24.0 Å². The molecule has 184 valence electrons. The lowest BCUT2D eigenvalue weighted by atomic mass is 9.83. The number of nitrogens with one attached hydrogen (secondary N) is 1. The van der Waals surface area contributed by atoms with Crippen LogP contribution in [0.2, 0.25) is 0 Å². The molecule has 3 aliphatic heterocycles. The highest BCUT2D eigenvalue weighted by molar-refractivity contribution is 14.0. The third-order valence-electron chi connectivity index (χ3n) is 7.61. The second kappa shape index (κ2) is 12.2. The second-order valence-corrected chi connectivity index (χ2v) is 9.78. The molecule has 7 heteroatoms. The number of anilines is 1. The quantitative estimate of drug-likeness (QED) is 0.327. The molecule has 0 aliphatic carbocycles. The van der Waals surface area contributed by atoms with E-state index in [9.17, 15) is 0 Å². The zero-order valence-electron chi connectivity index (χ0n) is 20.4. The van der Waals surface area contributed by atoms with E-state index >= 15 is 0 Å². The lowest BCUT2D eigenvalue weighted by Gasteiger charge is -2.48. The van der Waals surface area contributed by atoms with Gasteiger partial charge in [-0.25, -0.2) is 4.98 Å². The smallest absolute Gasteiger partial charge is 0.193 e. The molecule has 5 rings (SSSR count). The van der Waals surface area contributed by atoms with Gasteiger partial charge in [0, 0.05) is 58.6 Å². The molecule has 1 aromatic carbocycles. The molecule has 2 unspecified atom stereocenters. The molecule has 2 aromatic rings. The maximum atomic E-state index is 4.64. The number of guanidine groups is 1. The molecule has 34 heavy (non-hydrogen) atoms. The van der Waals surface area contributed by atoms with Crippen molar-refractivity contribution in [2.45, 2.75) is 51.2 Å². The monoisotopic (exact) mass is 574 g/mol. The minimum atomic E-state index is 0. The number of pyridine rings is 1. The first-order valence-corrected chi connectivity index (χ1v) is 12.7. The number of rotatable bonds is 5. The lowest BCUT2D eigenvalue weighted by Crippen LogP contribution is -2.56. The normalized spacial score (nSPS) is 23.4. The molecular formula is C27H39IN6. The highest BCUT2D eigenvalue weighted by Gasteiger charge is 2.36. The number of fused-ring (bicyclic) bond motifs is 1. The van der Waals surface area contributed by atoms with E-state index in [1.807, 2.05) is 13.2 Å². The van der Waals surface area contributed by atoms with E-state index in [0.717, 1.165) is 57.0 Å². The van der Waals surface area contributed by atoms with E-state index in [1.165, 1.54) is 49.8 Å². The van der Waals surface area contributed by atoms with Crippen LogP contribution in [0.1, 0.15) is 43.2 Å². The fourth-order valence-corrected chi connectivity index (χ4v) is 5.92. The molecule has 3 saturated heterocycles. The molecule has 0 radical (unpaired) electrons. The van der Waals surface area contributed by atoms with Crippen molar-refractivity contribution in [2.75, 3.05) is 44.7 Å². The molecule has 4 heterocycles. The molecule has 0 spiro atoms. The predicted molar refractivity (Wildman–Crippen MR) is 151 cm³/mol. The summed E-state index contributed by atoms with van der Waals surface area (Å²) in [5.41, 5.74) is 2.71. The van der Waals surface area contributed by atoms with Crippen molar-refractivity contribution in [3.8, 4) is 0 Å². The zero-order valence-corrected chi connectivity index (χ0v) is 22.7. The summed E-state index contributed by atoms with van der Waals surface area (Å²) >= 11 is 0. The summed E-state index contributed by atoms with van der Waals surface area (Å²) in [7, 11) is 1.92. The molecule has 3 fully saturated rings. The zero-order chi connectivity index (χ0) is 22.5. The van der Waals surface area contributed by atoms with Crippen molar-refractivity contribution in [3.63, 3.8) is 0 Å². The van der Waals surface area contributed by atoms with E-state index < -0.39 is 0 Å². The van der Waals surface area contributed by atoms with Gasteiger partial charge >= 0.3 is 0 Å². The fraction of sp³-hybridized carbons (Fsp3) is 0.556. The number of likely N-dealkylation sites (tertiary alicyclic amines) is 2. The van der Waals surface area contributed by atoms with Crippen LogP contribution in [0.4, 0.5) is 5.82 Å². The first kappa shape index (κ1) is 25.2. The van der Waals surface area contributed by atoms with Crippen molar-refractivity contribution in [1.82, 2.24) is 20.1 Å². The summed E-state index contributed by atoms with van der Waals surface area (Å²) in [5, 5.41) is 3.64. The molecular weight excluding hydrogens is 535 g/mol. The average Bonchev–Trinajstić information content (AvgIpc) is 3.41. The summed E-state index contributed by atoms with van der Waals surface area (Å²) in [6.07, 6.45) is 8.33. The van der Waals surface area contributed by atoms with Crippen molar-refractivity contribution in [1.29, 1.82) is 0 Å². The summed E-state index contributed by atoms with van der Waals surface area (Å²) in [4.78, 5) is 16.8.